The Bertz CT molecular complexity index is 1110. The molecular formula is C21H13F2N3O2. The number of benzene rings is 2. The first kappa shape index (κ1) is 17.6. The molecule has 1 amide bonds. The Hall–Kier alpha value is -3.79. The third-order valence-electron chi connectivity index (χ3n) is 4.53. The molecule has 1 aromatic heterocycles. The number of pyridine rings is 1. The number of hydrogen-bond donors (Lipinski definition) is 1. The Kier molecular flexibility index (Phi) is 4.45. The van der Waals surface area contributed by atoms with Gasteiger partial charge in [0.1, 0.15) is 6.04 Å². The molecule has 1 aliphatic heterocycles. The fourth-order valence-corrected chi connectivity index (χ4v) is 3.18. The van der Waals surface area contributed by atoms with Gasteiger partial charge in [0.25, 0.3) is 0 Å². The first-order valence-electron chi connectivity index (χ1n) is 8.43. The van der Waals surface area contributed by atoms with E-state index in [1.54, 1.807) is 30.6 Å². The summed E-state index contributed by atoms with van der Waals surface area (Å²) < 4.78 is 32.2. The predicted molar refractivity (Wildman–Crippen MR) is 95.8 cm³/mol. The summed E-state index contributed by atoms with van der Waals surface area (Å²) >= 11 is 0. The molecule has 2 aromatic carbocycles. The van der Waals surface area contributed by atoms with Crippen LogP contribution in [0.1, 0.15) is 28.8 Å². The van der Waals surface area contributed by atoms with Gasteiger partial charge < -0.3 is 10.1 Å². The average Bonchev–Trinajstić information content (AvgIpc) is 3.12. The van der Waals surface area contributed by atoms with Crippen molar-refractivity contribution in [1.29, 1.82) is 5.26 Å². The summed E-state index contributed by atoms with van der Waals surface area (Å²) in [5.41, 5.74) is 3.03. The quantitative estimate of drug-likeness (QED) is 0.733. The van der Waals surface area contributed by atoms with Gasteiger partial charge in [-0.25, -0.2) is 13.6 Å². The van der Waals surface area contributed by atoms with Crippen LogP contribution in [0.2, 0.25) is 0 Å². The maximum atomic E-state index is 13.6. The number of cyclic esters (lactones) is 1. The fourth-order valence-electron chi connectivity index (χ4n) is 3.18. The van der Waals surface area contributed by atoms with Crippen LogP contribution in [0.15, 0.2) is 60.9 Å². The molecule has 0 unspecified atom stereocenters. The van der Waals surface area contributed by atoms with Crippen molar-refractivity contribution in [3.63, 3.8) is 0 Å². The third kappa shape index (κ3) is 3.28. The van der Waals surface area contributed by atoms with E-state index in [1.807, 2.05) is 12.1 Å². The zero-order valence-electron chi connectivity index (χ0n) is 14.4. The fraction of sp³-hybridized carbons (Fsp3) is 0.0952. The van der Waals surface area contributed by atoms with Crippen LogP contribution in [0, 0.1) is 23.0 Å². The Morgan fingerprint density at radius 1 is 1.00 bits per heavy atom. The van der Waals surface area contributed by atoms with E-state index in [0.717, 1.165) is 23.3 Å². The van der Waals surface area contributed by atoms with Crippen LogP contribution < -0.4 is 5.32 Å². The number of rotatable bonds is 3. The number of nitrogens with zero attached hydrogens (tertiary/aromatic N) is 2. The van der Waals surface area contributed by atoms with Crippen molar-refractivity contribution in [3.05, 3.63) is 89.2 Å². The van der Waals surface area contributed by atoms with Crippen molar-refractivity contribution in [1.82, 2.24) is 10.3 Å². The van der Waals surface area contributed by atoms with E-state index in [0.29, 0.717) is 16.7 Å². The van der Waals surface area contributed by atoms with Crippen LogP contribution in [0.5, 0.6) is 0 Å². The summed E-state index contributed by atoms with van der Waals surface area (Å²) in [7, 11) is 0. The summed E-state index contributed by atoms with van der Waals surface area (Å²) in [5.74, 6) is -1.99. The van der Waals surface area contributed by atoms with Crippen molar-refractivity contribution < 1.29 is 18.3 Å². The van der Waals surface area contributed by atoms with E-state index >= 15 is 0 Å². The Morgan fingerprint density at radius 3 is 2.64 bits per heavy atom. The highest BCUT2D eigenvalue weighted by Crippen LogP contribution is 2.37. The molecule has 28 heavy (non-hydrogen) atoms. The largest absolute Gasteiger partial charge is 0.439 e. The van der Waals surface area contributed by atoms with Crippen LogP contribution in [0.4, 0.5) is 13.6 Å². The first-order chi connectivity index (χ1) is 13.5. The molecule has 4 rings (SSSR count). The number of carbonyl (C=O) groups is 1. The lowest BCUT2D eigenvalue weighted by atomic mass is 9.95. The second-order valence-corrected chi connectivity index (χ2v) is 6.32. The Balaban J connectivity index is 1.71. The molecule has 1 N–H and O–H groups in total. The van der Waals surface area contributed by atoms with E-state index in [4.69, 9.17) is 10.00 Å². The number of aromatic nitrogens is 1. The smallest absolute Gasteiger partial charge is 0.408 e. The number of halogens is 2. The highest BCUT2D eigenvalue weighted by molar-refractivity contribution is 5.72. The molecule has 1 fully saturated rings. The van der Waals surface area contributed by atoms with Crippen LogP contribution in [0.3, 0.4) is 0 Å². The number of ether oxygens (including phenoxy) is 1. The highest BCUT2D eigenvalue weighted by atomic mass is 19.2. The van der Waals surface area contributed by atoms with Gasteiger partial charge in [-0.3, -0.25) is 4.98 Å². The van der Waals surface area contributed by atoms with Crippen LogP contribution in [0.25, 0.3) is 11.1 Å². The van der Waals surface area contributed by atoms with E-state index in [-0.39, 0.29) is 0 Å². The van der Waals surface area contributed by atoms with Gasteiger partial charge in [-0.05, 0) is 47.0 Å². The molecule has 1 saturated heterocycles. The standard InChI is InChI=1S/C21H13F2N3O2/c22-17-5-4-14(8-18(17)23)20-19(26-21(27)28-20)16-7-15(10-25-11-16)13-3-1-2-12(6-13)9-24/h1-8,10-11,19-20H,(H,26,27)/t19-,20-/m1/s1. The van der Waals surface area contributed by atoms with Crippen LogP contribution in [-0.2, 0) is 4.74 Å². The van der Waals surface area contributed by atoms with Gasteiger partial charge in [0.15, 0.2) is 17.7 Å². The minimum absolute atomic E-state index is 0.333. The lowest BCUT2D eigenvalue weighted by Crippen LogP contribution is -2.19. The topological polar surface area (TPSA) is 75.0 Å². The molecular weight excluding hydrogens is 364 g/mol. The number of carbonyl (C=O) groups excluding carboxylic acids is 1. The number of nitrogens with one attached hydrogen (secondary N) is 1. The minimum atomic E-state index is -1.01. The molecule has 0 bridgehead atoms. The van der Waals surface area contributed by atoms with Crippen molar-refractivity contribution in [2.24, 2.45) is 0 Å². The molecule has 0 spiro atoms. The van der Waals surface area contributed by atoms with Gasteiger partial charge in [-0.2, -0.15) is 5.26 Å². The van der Waals surface area contributed by atoms with E-state index in [1.165, 1.54) is 6.07 Å². The van der Waals surface area contributed by atoms with Gasteiger partial charge in [0, 0.05) is 18.0 Å². The average molecular weight is 377 g/mol. The zero-order valence-corrected chi connectivity index (χ0v) is 14.4. The lowest BCUT2D eigenvalue weighted by Gasteiger charge is -2.18. The second kappa shape index (κ2) is 7.08. The Labute approximate surface area is 159 Å². The van der Waals surface area contributed by atoms with Gasteiger partial charge in [0.2, 0.25) is 0 Å². The predicted octanol–water partition coefficient (Wildman–Crippen LogP) is 4.42. The maximum Gasteiger partial charge on any atom is 0.408 e. The van der Waals surface area contributed by atoms with Gasteiger partial charge in [0.05, 0.1) is 11.6 Å². The molecule has 1 aliphatic rings. The molecule has 2 heterocycles. The monoisotopic (exact) mass is 377 g/mol. The zero-order chi connectivity index (χ0) is 19.7. The lowest BCUT2D eigenvalue weighted by molar-refractivity contribution is 0.132. The summed E-state index contributed by atoms with van der Waals surface area (Å²) in [6.07, 6.45) is 1.73. The third-order valence-corrected chi connectivity index (χ3v) is 4.53. The number of hydrogen-bond acceptors (Lipinski definition) is 4. The van der Waals surface area contributed by atoms with Gasteiger partial charge in [-0.1, -0.05) is 18.2 Å². The van der Waals surface area contributed by atoms with Crippen molar-refractivity contribution >= 4 is 6.09 Å². The molecule has 0 radical (unpaired) electrons. The second-order valence-electron chi connectivity index (χ2n) is 6.32. The van der Waals surface area contributed by atoms with Crippen molar-refractivity contribution in [2.75, 3.05) is 0 Å². The molecule has 3 aromatic rings. The van der Waals surface area contributed by atoms with E-state index < -0.39 is 29.9 Å². The molecule has 0 aliphatic carbocycles. The highest BCUT2D eigenvalue weighted by Gasteiger charge is 2.37. The normalized spacial score (nSPS) is 18.2. The molecule has 0 saturated carbocycles. The van der Waals surface area contributed by atoms with Crippen molar-refractivity contribution in [3.8, 4) is 17.2 Å². The summed E-state index contributed by atoms with van der Waals surface area (Å²) in [6, 6.07) is 13.7. The van der Waals surface area contributed by atoms with Crippen LogP contribution >= 0.6 is 0 Å². The minimum Gasteiger partial charge on any atom is -0.439 e. The summed E-state index contributed by atoms with van der Waals surface area (Å²) in [4.78, 5) is 16.1. The molecule has 138 valence electrons. The number of nitriles is 1. The summed E-state index contributed by atoms with van der Waals surface area (Å²) in [6.45, 7) is 0. The van der Waals surface area contributed by atoms with E-state index in [2.05, 4.69) is 16.4 Å². The van der Waals surface area contributed by atoms with Crippen LogP contribution in [-0.4, -0.2) is 11.1 Å². The van der Waals surface area contributed by atoms with Gasteiger partial charge >= 0.3 is 6.09 Å². The number of amides is 1. The molecule has 2 atom stereocenters. The molecule has 7 heteroatoms. The van der Waals surface area contributed by atoms with Gasteiger partial charge in [-0.15, -0.1) is 0 Å². The first-order valence-corrected chi connectivity index (χ1v) is 8.43. The SMILES string of the molecule is N#Cc1cccc(-c2cncc([C@H]3NC(=O)O[C@@H]3c3ccc(F)c(F)c3)c2)c1. The Morgan fingerprint density at radius 2 is 1.86 bits per heavy atom. The van der Waals surface area contributed by atoms with Crippen molar-refractivity contribution in [2.45, 2.75) is 12.1 Å². The maximum absolute atomic E-state index is 13.6. The summed E-state index contributed by atoms with van der Waals surface area (Å²) in [5, 5.41) is 11.8. The van der Waals surface area contributed by atoms with E-state index in [9.17, 15) is 13.6 Å². The number of alkyl carbamates (subject to hydrolysis) is 1. The molecule has 5 nitrogen and oxygen atoms in total.